The number of carboxylic acids is 1. The number of amides is 1. The molecule has 0 aliphatic carbocycles. The van der Waals surface area contributed by atoms with Crippen molar-refractivity contribution in [2.24, 2.45) is 5.73 Å². The van der Waals surface area contributed by atoms with Gasteiger partial charge in [-0.2, -0.15) is 23.5 Å². The van der Waals surface area contributed by atoms with Crippen molar-refractivity contribution in [3.63, 3.8) is 0 Å². The van der Waals surface area contributed by atoms with E-state index in [0.29, 0.717) is 20.7 Å². The van der Waals surface area contributed by atoms with E-state index in [1.807, 2.05) is 65.3 Å². The summed E-state index contributed by atoms with van der Waals surface area (Å²) >= 11 is 7.38. The van der Waals surface area contributed by atoms with Crippen LogP contribution in [0.25, 0.3) is 0 Å². The molecule has 0 radical (unpaired) electrons. The minimum absolute atomic E-state index is 0.00477. The predicted molar refractivity (Wildman–Crippen MR) is 162 cm³/mol. The number of carbonyl (C=O) groups excluding carboxylic acids is 3. The predicted octanol–water partition coefficient (Wildman–Crippen LogP) is 4.77. The van der Waals surface area contributed by atoms with Gasteiger partial charge in [0.05, 0.1) is 22.3 Å². The van der Waals surface area contributed by atoms with Gasteiger partial charge in [0.25, 0.3) is 5.91 Å². The molecule has 2 atom stereocenters. The molecule has 1 aliphatic rings. The zero-order valence-electron chi connectivity index (χ0n) is 20.2. The van der Waals surface area contributed by atoms with Gasteiger partial charge < -0.3 is 20.9 Å². The van der Waals surface area contributed by atoms with Crippen molar-refractivity contribution < 1.29 is 29.0 Å². The molecule has 1 amide bonds. The minimum atomic E-state index is -1.09. The average Bonchev–Trinajstić information content (AvgIpc) is 3.09. The van der Waals surface area contributed by atoms with E-state index in [1.165, 1.54) is 6.07 Å². The highest BCUT2D eigenvalue weighted by atomic mass is 127. The molecule has 2 aromatic rings. The topological polar surface area (TPSA) is 136 Å². The van der Waals surface area contributed by atoms with Gasteiger partial charge in [-0.25, -0.2) is 14.4 Å². The van der Waals surface area contributed by atoms with E-state index < -0.39 is 17.9 Å². The summed E-state index contributed by atoms with van der Waals surface area (Å²) in [7, 11) is 0. The van der Waals surface area contributed by atoms with Gasteiger partial charge >= 0.3 is 17.9 Å². The minimum Gasteiger partial charge on any atom is -0.478 e. The third kappa shape index (κ3) is 10.2. The number of esters is 2. The van der Waals surface area contributed by atoms with Crippen LogP contribution in [-0.4, -0.2) is 65.0 Å². The number of aromatic carboxylic acids is 1. The number of nitrogens with two attached hydrogens (primary N) is 1. The normalized spacial score (nSPS) is 13.2. The third-order valence-electron chi connectivity index (χ3n) is 4.32. The number of nitrogens with one attached hydrogen (secondary N) is 1. The summed E-state index contributed by atoms with van der Waals surface area (Å²) in [4.78, 5) is 45.2. The summed E-state index contributed by atoms with van der Waals surface area (Å²) in [6, 6.07) is 10.2. The fourth-order valence-electron chi connectivity index (χ4n) is 2.88. The highest BCUT2D eigenvalue weighted by Crippen LogP contribution is 2.24. The summed E-state index contributed by atoms with van der Waals surface area (Å²) in [5, 5.41) is 11.9. The molecule has 8 nitrogen and oxygen atoms in total. The monoisotopic (exact) mass is 758 g/mol. The van der Waals surface area contributed by atoms with Gasteiger partial charge in [0.15, 0.2) is 0 Å². The van der Waals surface area contributed by atoms with E-state index in [9.17, 15) is 19.2 Å². The number of halogens is 2. The molecular weight excluding hydrogens is 730 g/mol. The lowest BCUT2D eigenvalue weighted by Crippen LogP contribution is -2.35. The van der Waals surface area contributed by atoms with Crippen LogP contribution in [0.5, 0.6) is 0 Å². The number of carboxylic acid groups (broad SMARTS) is 1. The number of rotatable bonds is 7. The van der Waals surface area contributed by atoms with E-state index in [2.05, 4.69) is 16.3 Å². The second-order valence-corrected chi connectivity index (χ2v) is 11.7. The molecule has 4 N–H and O–H groups in total. The smallest absolute Gasteiger partial charge is 0.347 e. The van der Waals surface area contributed by atoms with Gasteiger partial charge in [0, 0.05) is 30.7 Å². The maximum absolute atomic E-state index is 12.1. The van der Waals surface area contributed by atoms with Gasteiger partial charge in [-0.05, 0) is 95.8 Å². The highest BCUT2D eigenvalue weighted by molar-refractivity contribution is 14.1. The summed E-state index contributed by atoms with van der Waals surface area (Å²) in [6.45, 7) is 3.90. The first-order valence-electron chi connectivity index (χ1n) is 10.6. The quantitative estimate of drug-likeness (QED) is 0.208. The number of fused-ring (bicyclic) bond motifs is 1. The van der Waals surface area contributed by atoms with Crippen LogP contribution < -0.4 is 11.1 Å². The Labute approximate surface area is 246 Å². The Morgan fingerprint density at radius 3 is 2.08 bits per heavy atom. The Morgan fingerprint density at radius 2 is 1.58 bits per heavy atom. The Morgan fingerprint density at radius 1 is 1.00 bits per heavy atom. The van der Waals surface area contributed by atoms with Gasteiger partial charge in [-0.3, -0.25) is 4.79 Å². The number of benzene rings is 2. The lowest BCUT2D eigenvalue weighted by atomic mass is 10.1. The van der Waals surface area contributed by atoms with Crippen molar-refractivity contribution in [1.82, 2.24) is 5.32 Å². The summed E-state index contributed by atoms with van der Waals surface area (Å²) in [6.07, 6.45) is 4.01. The summed E-state index contributed by atoms with van der Waals surface area (Å²) in [5.41, 5.74) is 6.41. The highest BCUT2D eigenvalue weighted by Gasteiger charge is 2.31. The maximum atomic E-state index is 12.1. The Balaban J connectivity index is 0.000000307. The molecule has 0 unspecified atom stereocenters. The van der Waals surface area contributed by atoms with Crippen LogP contribution >= 0.6 is 68.7 Å². The van der Waals surface area contributed by atoms with E-state index >= 15 is 0 Å². The van der Waals surface area contributed by atoms with Crippen LogP contribution in [0.15, 0.2) is 36.4 Å². The zero-order chi connectivity index (χ0) is 27.4. The standard InChI is InChI=1S/C12H14INO3S.C8H3IO3.C4H11NS/c1-7(6-18-2)14-11(15)10-8(12(16)17)4-3-5-9(10)13;9-5-3-1-2-4-6(5)8(11)12-7(4)10;1-4(5)3-6-2/h3-5,7H,6H2,1-2H3,(H,14,15)(H,16,17);1-3H;4H,3,5H2,1-2H3/t7-;;4-/m0.0/s1. The Hall–Kier alpha value is -1.36. The maximum Gasteiger partial charge on any atom is 0.347 e. The fourth-order valence-corrected chi connectivity index (χ4v) is 5.45. The molecule has 3 rings (SSSR count). The first-order valence-corrected chi connectivity index (χ1v) is 15.5. The SMILES string of the molecule is CSC[C@H](C)N.CSC[C@H](C)NC(=O)c1c(I)cccc1C(=O)O.O=C1OC(=O)c2c(I)cccc21. The number of hydrogen-bond acceptors (Lipinski definition) is 8. The van der Waals surface area contributed by atoms with Crippen molar-refractivity contribution in [1.29, 1.82) is 0 Å². The number of carbonyl (C=O) groups is 4. The van der Waals surface area contributed by atoms with Crippen molar-refractivity contribution in [3.8, 4) is 0 Å². The van der Waals surface area contributed by atoms with Crippen molar-refractivity contribution >= 4 is 92.5 Å². The molecule has 2 aromatic carbocycles. The first kappa shape index (κ1) is 32.7. The van der Waals surface area contributed by atoms with E-state index in [4.69, 9.17) is 10.8 Å². The van der Waals surface area contributed by atoms with Crippen LogP contribution in [-0.2, 0) is 4.74 Å². The number of thioether (sulfide) groups is 2. The largest absolute Gasteiger partial charge is 0.478 e. The molecule has 0 bridgehead atoms. The molecule has 1 aliphatic heterocycles. The Kier molecular flexibility index (Phi) is 15.0. The number of hydrogen-bond donors (Lipinski definition) is 3. The van der Waals surface area contributed by atoms with Crippen LogP contribution in [0.1, 0.15) is 55.3 Å². The lowest BCUT2D eigenvalue weighted by Gasteiger charge is -2.14. The lowest BCUT2D eigenvalue weighted by molar-refractivity contribution is 0.0442. The summed E-state index contributed by atoms with van der Waals surface area (Å²) in [5.74, 6) is -0.652. The molecule has 0 saturated carbocycles. The van der Waals surface area contributed by atoms with Gasteiger partial charge in [-0.1, -0.05) is 12.1 Å². The van der Waals surface area contributed by atoms with Crippen molar-refractivity contribution in [2.75, 3.05) is 24.0 Å². The molecule has 0 fully saturated rings. The molecule has 0 saturated heterocycles. The second-order valence-electron chi connectivity index (χ2n) is 7.57. The third-order valence-corrected chi connectivity index (χ3v) is 7.81. The molecular formula is C24H28I2N2O6S2. The molecule has 0 spiro atoms. The molecule has 12 heteroatoms. The van der Waals surface area contributed by atoms with Crippen LogP contribution in [0, 0.1) is 7.14 Å². The molecule has 0 aromatic heterocycles. The molecule has 36 heavy (non-hydrogen) atoms. The molecule has 1 heterocycles. The number of ether oxygens (including phenoxy) is 1. The van der Waals surface area contributed by atoms with E-state index in [0.717, 1.165) is 15.1 Å². The fraction of sp³-hybridized carbons (Fsp3) is 0.333. The van der Waals surface area contributed by atoms with Gasteiger partial charge in [0.2, 0.25) is 0 Å². The van der Waals surface area contributed by atoms with Gasteiger partial charge in [-0.15, -0.1) is 0 Å². The van der Waals surface area contributed by atoms with Crippen LogP contribution in [0.2, 0.25) is 0 Å². The van der Waals surface area contributed by atoms with Crippen LogP contribution in [0.4, 0.5) is 0 Å². The van der Waals surface area contributed by atoms with Gasteiger partial charge in [0.1, 0.15) is 0 Å². The average molecular weight is 758 g/mol. The second kappa shape index (κ2) is 16.5. The van der Waals surface area contributed by atoms with Crippen molar-refractivity contribution in [3.05, 3.63) is 65.8 Å². The summed E-state index contributed by atoms with van der Waals surface area (Å²) < 4.78 is 5.82. The zero-order valence-corrected chi connectivity index (χ0v) is 26.1. The van der Waals surface area contributed by atoms with E-state index in [-0.39, 0.29) is 23.1 Å². The first-order chi connectivity index (χ1) is 16.9. The number of cyclic esters (lactones) is 2. The van der Waals surface area contributed by atoms with Crippen LogP contribution in [0.3, 0.4) is 0 Å². The van der Waals surface area contributed by atoms with Crippen molar-refractivity contribution in [2.45, 2.75) is 25.9 Å². The molecule has 196 valence electrons. The van der Waals surface area contributed by atoms with E-state index in [1.54, 1.807) is 53.9 Å². The Bertz CT molecular complexity index is 1100.